The van der Waals surface area contributed by atoms with Crippen molar-refractivity contribution in [1.29, 1.82) is 0 Å². The first-order chi connectivity index (χ1) is 9.93. The number of nitrogens with two attached hydrogens (primary N) is 1. The zero-order valence-corrected chi connectivity index (χ0v) is 10.5. The van der Waals surface area contributed by atoms with Crippen LogP contribution in [0.1, 0.15) is 15.9 Å². The van der Waals surface area contributed by atoms with E-state index >= 15 is 0 Å². The summed E-state index contributed by atoms with van der Waals surface area (Å²) in [4.78, 5) is 19.6. The summed E-state index contributed by atoms with van der Waals surface area (Å²) in [7, 11) is 0. The smallest absolute Gasteiger partial charge is 0.323 e. The first kappa shape index (κ1) is 14.7. The molecule has 0 aliphatic rings. The molecule has 4 N–H and O–H groups in total. The molecule has 2 rings (SSSR count). The molecule has 0 saturated heterocycles. The summed E-state index contributed by atoms with van der Waals surface area (Å²) in [6, 6.07) is 3.17. The maximum absolute atomic E-state index is 12.9. The number of aromatic nitrogens is 2. The summed E-state index contributed by atoms with van der Waals surface area (Å²) in [5, 5.41) is 2.34. The van der Waals surface area contributed by atoms with Crippen LogP contribution in [0.15, 0.2) is 36.8 Å². The Hall–Kier alpha value is -2.68. The molecule has 1 amide bonds. The molecule has 0 fully saturated rings. The second kappa shape index (κ2) is 5.75. The molecule has 2 aromatic rings. The molecule has 0 radical (unpaired) electrons. The van der Waals surface area contributed by atoms with Crippen LogP contribution < -0.4 is 16.6 Å². The van der Waals surface area contributed by atoms with E-state index in [1.54, 1.807) is 0 Å². The zero-order chi connectivity index (χ0) is 15.5. The number of carbonyl (C=O) groups is 1. The van der Waals surface area contributed by atoms with Crippen LogP contribution in [0.5, 0.6) is 0 Å². The fraction of sp³-hybridized carbons (Fsp3) is 0.0833. The van der Waals surface area contributed by atoms with Gasteiger partial charge < -0.3 is 10.7 Å². The number of nitrogens with zero attached hydrogens (tertiary/aromatic N) is 2. The average Bonchev–Trinajstić information content (AvgIpc) is 2.46. The molecule has 0 aliphatic carbocycles. The van der Waals surface area contributed by atoms with Crippen molar-refractivity contribution in [2.45, 2.75) is 6.18 Å². The third-order valence-electron chi connectivity index (χ3n) is 2.56. The number of para-hydroxylation sites is 1. The van der Waals surface area contributed by atoms with Crippen molar-refractivity contribution in [3.05, 3.63) is 47.9 Å². The number of rotatable bonds is 3. The number of carbonyl (C=O) groups excluding carboxylic acids is 1. The van der Waals surface area contributed by atoms with E-state index in [1.807, 2.05) is 5.43 Å². The largest absolute Gasteiger partial charge is 0.418 e. The molecule has 1 aromatic carbocycles. The minimum Gasteiger partial charge on any atom is -0.323 e. The minimum absolute atomic E-state index is 0.114. The first-order valence-corrected chi connectivity index (χ1v) is 5.67. The quantitative estimate of drug-likeness (QED) is 0.595. The van der Waals surface area contributed by atoms with Crippen molar-refractivity contribution in [3.63, 3.8) is 0 Å². The van der Waals surface area contributed by atoms with Crippen LogP contribution in [0.3, 0.4) is 0 Å². The Morgan fingerprint density at radius 1 is 1.24 bits per heavy atom. The van der Waals surface area contributed by atoms with E-state index in [-0.39, 0.29) is 11.4 Å². The first-order valence-electron chi connectivity index (χ1n) is 5.67. The molecular formula is C12H10F3N5O. The predicted molar refractivity (Wildman–Crippen MR) is 69.2 cm³/mol. The van der Waals surface area contributed by atoms with E-state index < -0.39 is 23.3 Å². The van der Waals surface area contributed by atoms with Crippen molar-refractivity contribution in [3.8, 4) is 0 Å². The Bertz CT molecular complexity index is 645. The number of nitrogens with one attached hydrogen (secondary N) is 2. The summed E-state index contributed by atoms with van der Waals surface area (Å²) in [5.74, 6) is 4.45. The van der Waals surface area contributed by atoms with Crippen molar-refractivity contribution < 1.29 is 18.0 Å². The fourth-order valence-corrected chi connectivity index (χ4v) is 1.68. The maximum atomic E-state index is 12.9. The number of anilines is 2. The second-order valence-corrected chi connectivity index (χ2v) is 3.92. The Kier molecular flexibility index (Phi) is 4.03. The van der Waals surface area contributed by atoms with Crippen LogP contribution in [-0.4, -0.2) is 15.9 Å². The fourth-order valence-electron chi connectivity index (χ4n) is 1.68. The summed E-state index contributed by atoms with van der Waals surface area (Å²) < 4.78 is 38.6. The van der Waals surface area contributed by atoms with Gasteiger partial charge >= 0.3 is 6.18 Å². The molecule has 0 saturated carbocycles. The number of benzene rings is 1. The molecular weight excluding hydrogens is 287 g/mol. The van der Waals surface area contributed by atoms with Crippen LogP contribution in [0, 0.1) is 0 Å². The van der Waals surface area contributed by atoms with Gasteiger partial charge in [-0.2, -0.15) is 13.2 Å². The lowest BCUT2D eigenvalue weighted by Crippen LogP contribution is -2.21. The lowest BCUT2D eigenvalue weighted by molar-refractivity contribution is -0.137. The maximum Gasteiger partial charge on any atom is 0.418 e. The number of hydrogen-bond acceptors (Lipinski definition) is 5. The van der Waals surface area contributed by atoms with Gasteiger partial charge in [-0.05, 0) is 12.1 Å². The van der Waals surface area contributed by atoms with E-state index in [4.69, 9.17) is 5.84 Å². The van der Waals surface area contributed by atoms with Crippen LogP contribution in [0.4, 0.5) is 24.7 Å². The predicted octanol–water partition coefficient (Wildman–Crippen LogP) is 2.03. The van der Waals surface area contributed by atoms with Gasteiger partial charge in [-0.3, -0.25) is 15.6 Å². The highest BCUT2D eigenvalue weighted by atomic mass is 19.4. The number of nitrogen functional groups attached to an aromatic ring is 1. The third-order valence-corrected chi connectivity index (χ3v) is 2.56. The normalized spacial score (nSPS) is 11.0. The van der Waals surface area contributed by atoms with Gasteiger partial charge in [-0.15, -0.1) is 0 Å². The number of hydrazine groups is 1. The molecule has 6 nitrogen and oxygen atoms in total. The SMILES string of the molecule is NNc1c(C(=O)Nc2cnccn2)cccc1C(F)(F)F. The Morgan fingerprint density at radius 3 is 2.57 bits per heavy atom. The highest BCUT2D eigenvalue weighted by Gasteiger charge is 2.35. The third kappa shape index (κ3) is 3.26. The Morgan fingerprint density at radius 2 is 2.00 bits per heavy atom. The number of halogens is 3. The van der Waals surface area contributed by atoms with Gasteiger partial charge in [0.05, 0.1) is 23.0 Å². The summed E-state index contributed by atoms with van der Waals surface area (Å²) in [5.41, 5.74) is 0.130. The molecule has 9 heteroatoms. The molecule has 1 aromatic heterocycles. The van der Waals surface area contributed by atoms with Crippen molar-refractivity contribution in [1.82, 2.24) is 9.97 Å². The standard InChI is InChI=1S/C12H10F3N5O/c13-12(14,15)8-3-1-2-7(10(8)20-16)11(21)19-9-6-17-4-5-18-9/h1-6,20H,16H2,(H,18,19,21). The van der Waals surface area contributed by atoms with Crippen LogP contribution >= 0.6 is 0 Å². The monoisotopic (exact) mass is 297 g/mol. The summed E-state index contributed by atoms with van der Waals surface area (Å²) in [6.07, 6.45) is -0.637. The van der Waals surface area contributed by atoms with Crippen molar-refractivity contribution in [2.75, 3.05) is 10.7 Å². The van der Waals surface area contributed by atoms with Gasteiger partial charge in [-0.1, -0.05) is 6.07 Å². The second-order valence-electron chi connectivity index (χ2n) is 3.92. The van der Waals surface area contributed by atoms with Crippen molar-refractivity contribution in [2.24, 2.45) is 5.84 Å². The van der Waals surface area contributed by atoms with Gasteiger partial charge in [0.15, 0.2) is 5.82 Å². The molecule has 1 heterocycles. The molecule has 0 aliphatic heterocycles. The van der Waals surface area contributed by atoms with Crippen LogP contribution in [0.2, 0.25) is 0 Å². The number of amides is 1. The highest BCUT2D eigenvalue weighted by molar-refractivity contribution is 6.08. The number of hydrogen-bond donors (Lipinski definition) is 3. The van der Waals surface area contributed by atoms with Gasteiger partial charge in [0.25, 0.3) is 5.91 Å². The van der Waals surface area contributed by atoms with E-state index in [2.05, 4.69) is 15.3 Å². The van der Waals surface area contributed by atoms with Crippen molar-refractivity contribution >= 4 is 17.4 Å². The molecule has 110 valence electrons. The summed E-state index contributed by atoms with van der Waals surface area (Å²) in [6.45, 7) is 0. The Balaban J connectivity index is 2.38. The van der Waals surface area contributed by atoms with Crippen LogP contribution in [-0.2, 0) is 6.18 Å². The van der Waals surface area contributed by atoms with Gasteiger partial charge in [-0.25, -0.2) is 4.98 Å². The molecule has 0 atom stereocenters. The Labute approximate surface area is 117 Å². The topological polar surface area (TPSA) is 92.9 Å². The van der Waals surface area contributed by atoms with E-state index in [0.29, 0.717) is 0 Å². The molecule has 0 bridgehead atoms. The van der Waals surface area contributed by atoms with E-state index in [0.717, 1.165) is 12.1 Å². The lowest BCUT2D eigenvalue weighted by atomic mass is 10.1. The average molecular weight is 297 g/mol. The van der Waals surface area contributed by atoms with Gasteiger partial charge in [0.2, 0.25) is 0 Å². The molecule has 0 spiro atoms. The zero-order valence-electron chi connectivity index (χ0n) is 10.5. The molecule has 21 heavy (non-hydrogen) atoms. The van der Waals surface area contributed by atoms with E-state index in [9.17, 15) is 18.0 Å². The van der Waals surface area contributed by atoms with Gasteiger partial charge in [0.1, 0.15) is 0 Å². The van der Waals surface area contributed by atoms with Crippen LogP contribution in [0.25, 0.3) is 0 Å². The molecule has 0 unspecified atom stereocenters. The van der Waals surface area contributed by atoms with E-state index in [1.165, 1.54) is 24.7 Å². The minimum atomic E-state index is -4.63. The lowest BCUT2D eigenvalue weighted by Gasteiger charge is -2.15. The number of alkyl halides is 3. The summed E-state index contributed by atoms with van der Waals surface area (Å²) >= 11 is 0. The highest BCUT2D eigenvalue weighted by Crippen LogP contribution is 2.36. The van der Waals surface area contributed by atoms with Gasteiger partial charge in [0, 0.05) is 12.4 Å².